The molecule has 0 aliphatic rings. The van der Waals surface area contributed by atoms with Gasteiger partial charge in [-0.2, -0.15) is 0 Å². The number of aryl methyl sites for hydroxylation is 1. The number of Topliss-reactive ketones (excluding diaryl/α,β-unsaturated/α-hetero) is 1. The third kappa shape index (κ3) is 8.34. The second-order valence-electron chi connectivity index (χ2n) is 8.98. The van der Waals surface area contributed by atoms with Crippen molar-refractivity contribution >= 4 is 17.9 Å². The van der Waals surface area contributed by atoms with Gasteiger partial charge in [-0.1, -0.05) is 80.6 Å². The Kier molecular flexibility index (Phi) is 10.2. The average molecular weight is 488 g/mol. The van der Waals surface area contributed by atoms with Gasteiger partial charge in [-0.3, -0.25) is 9.78 Å². The molecule has 0 aliphatic carbocycles. The molecule has 1 heterocycles. The molecule has 1 N–H and O–H groups in total. The Morgan fingerprint density at radius 3 is 2.11 bits per heavy atom. The Morgan fingerprint density at radius 1 is 0.861 bits per heavy atom. The zero-order chi connectivity index (χ0) is 25.8. The second kappa shape index (κ2) is 13.8. The fraction of sp³-hybridized carbons (Fsp3) is 0.310. The van der Waals surface area contributed by atoms with Crippen molar-refractivity contribution in [1.29, 1.82) is 0 Å². The van der Waals surface area contributed by atoms with Crippen LogP contribution in [0.2, 0.25) is 0 Å². The van der Waals surface area contributed by atoms with Crippen LogP contribution in [0.1, 0.15) is 48.3 Å². The first-order valence-electron chi connectivity index (χ1n) is 12.2. The molecule has 7 heteroatoms. The number of hydrogen-bond acceptors (Lipinski definition) is 5. The summed E-state index contributed by atoms with van der Waals surface area (Å²) in [6.07, 6.45) is 2.34. The van der Waals surface area contributed by atoms with E-state index in [0.29, 0.717) is 19.3 Å². The van der Waals surface area contributed by atoms with Gasteiger partial charge in [0.25, 0.3) is 0 Å². The molecule has 0 spiro atoms. The number of ketones is 1. The Bertz CT molecular complexity index is 1110. The highest BCUT2D eigenvalue weighted by Crippen LogP contribution is 2.12. The molecule has 0 unspecified atom stereocenters. The third-order valence-corrected chi connectivity index (χ3v) is 5.70. The number of imide groups is 1. The van der Waals surface area contributed by atoms with Crippen molar-refractivity contribution in [2.75, 3.05) is 6.54 Å². The van der Waals surface area contributed by atoms with Crippen LogP contribution in [0.4, 0.5) is 9.59 Å². The Morgan fingerprint density at radius 2 is 1.50 bits per heavy atom. The number of carbonyl (C=O) groups is 3. The summed E-state index contributed by atoms with van der Waals surface area (Å²) in [5, 5.41) is 2.79. The first-order valence-corrected chi connectivity index (χ1v) is 12.2. The van der Waals surface area contributed by atoms with Gasteiger partial charge in [0.2, 0.25) is 5.78 Å². The van der Waals surface area contributed by atoms with Gasteiger partial charge in [-0.05, 0) is 48.4 Å². The topological polar surface area (TPSA) is 88.6 Å². The molecule has 3 rings (SSSR count). The zero-order valence-corrected chi connectivity index (χ0v) is 20.8. The molecule has 36 heavy (non-hydrogen) atoms. The smallest absolute Gasteiger partial charge is 0.418 e. The van der Waals surface area contributed by atoms with Crippen LogP contribution < -0.4 is 5.32 Å². The van der Waals surface area contributed by atoms with E-state index >= 15 is 0 Å². The standard InChI is InChI=1S/C29H33N3O4/c1-22(2)18-20-32(29(35)36-21-24-13-7-4-8-14-24)28(34)31-26(17-16-23-11-5-3-6-12-23)27(33)25-15-9-10-19-30-25/h3-15,19,22,26H,16-18,20-21H2,1-2H3,(H,31,34)/t26-/m0/s1. The highest BCUT2D eigenvalue weighted by Gasteiger charge is 2.29. The van der Waals surface area contributed by atoms with Gasteiger partial charge in [-0.25, -0.2) is 14.5 Å². The van der Waals surface area contributed by atoms with Crippen molar-refractivity contribution in [3.05, 3.63) is 102 Å². The van der Waals surface area contributed by atoms with E-state index in [2.05, 4.69) is 10.3 Å². The number of rotatable bonds is 11. The Hall–Kier alpha value is -4.00. The summed E-state index contributed by atoms with van der Waals surface area (Å²) < 4.78 is 5.43. The van der Waals surface area contributed by atoms with Gasteiger partial charge in [0, 0.05) is 12.7 Å². The monoisotopic (exact) mass is 487 g/mol. The average Bonchev–Trinajstić information content (AvgIpc) is 2.91. The SMILES string of the molecule is CC(C)CCN(C(=O)N[C@@H](CCc1ccccc1)C(=O)c1ccccn1)C(=O)OCc1ccccc1. The molecule has 0 bridgehead atoms. The number of benzene rings is 2. The first kappa shape index (κ1) is 26.6. The summed E-state index contributed by atoms with van der Waals surface area (Å²) in [5.74, 6) is -0.0346. The fourth-order valence-corrected chi connectivity index (χ4v) is 3.60. The molecule has 188 valence electrons. The number of nitrogens with zero attached hydrogens (tertiary/aromatic N) is 2. The maximum absolute atomic E-state index is 13.3. The number of hydrogen-bond donors (Lipinski definition) is 1. The van der Waals surface area contributed by atoms with Crippen molar-refractivity contribution in [1.82, 2.24) is 15.2 Å². The predicted molar refractivity (Wildman–Crippen MR) is 138 cm³/mol. The molecule has 0 radical (unpaired) electrons. The number of aromatic nitrogens is 1. The highest BCUT2D eigenvalue weighted by atomic mass is 16.6. The zero-order valence-electron chi connectivity index (χ0n) is 20.8. The van der Waals surface area contributed by atoms with Crippen LogP contribution in [0.25, 0.3) is 0 Å². The van der Waals surface area contributed by atoms with Crippen LogP contribution in [0, 0.1) is 5.92 Å². The summed E-state index contributed by atoms with van der Waals surface area (Å²) >= 11 is 0. The molecule has 7 nitrogen and oxygen atoms in total. The van der Waals surface area contributed by atoms with Crippen LogP contribution >= 0.6 is 0 Å². The fourth-order valence-electron chi connectivity index (χ4n) is 3.60. The number of ether oxygens (including phenoxy) is 1. The molecule has 3 aromatic rings. The Labute approximate surface area is 212 Å². The lowest BCUT2D eigenvalue weighted by Gasteiger charge is -2.25. The molecule has 0 aliphatic heterocycles. The largest absolute Gasteiger partial charge is 0.444 e. The van der Waals surface area contributed by atoms with Crippen LogP contribution in [-0.4, -0.2) is 40.4 Å². The number of nitrogens with one attached hydrogen (secondary N) is 1. The van der Waals surface area contributed by atoms with Crippen molar-refractivity contribution < 1.29 is 19.1 Å². The van der Waals surface area contributed by atoms with Gasteiger partial charge >= 0.3 is 12.1 Å². The maximum atomic E-state index is 13.3. The van der Waals surface area contributed by atoms with Gasteiger partial charge in [0.05, 0.1) is 6.04 Å². The summed E-state index contributed by atoms with van der Waals surface area (Å²) in [5.41, 5.74) is 2.13. The minimum atomic E-state index is -0.851. The second-order valence-corrected chi connectivity index (χ2v) is 8.98. The molecular weight excluding hydrogens is 454 g/mol. The summed E-state index contributed by atoms with van der Waals surface area (Å²) in [4.78, 5) is 44.7. The van der Waals surface area contributed by atoms with Gasteiger partial charge < -0.3 is 10.1 Å². The van der Waals surface area contributed by atoms with E-state index in [9.17, 15) is 14.4 Å². The summed E-state index contributed by atoms with van der Waals surface area (Å²) in [6, 6.07) is 22.6. The van der Waals surface area contributed by atoms with E-state index in [1.807, 2.05) is 74.5 Å². The van der Waals surface area contributed by atoms with Crippen LogP contribution in [0.15, 0.2) is 85.1 Å². The number of urea groups is 1. The van der Waals surface area contributed by atoms with Crippen molar-refractivity contribution in [3.8, 4) is 0 Å². The lowest BCUT2D eigenvalue weighted by atomic mass is 10.0. The lowest BCUT2D eigenvalue weighted by molar-refractivity contribution is 0.0900. The highest BCUT2D eigenvalue weighted by molar-refractivity contribution is 6.01. The molecule has 1 aromatic heterocycles. The van der Waals surface area contributed by atoms with Crippen molar-refractivity contribution in [2.45, 2.75) is 45.8 Å². The van der Waals surface area contributed by atoms with Crippen LogP contribution in [0.3, 0.4) is 0 Å². The number of pyridine rings is 1. The van der Waals surface area contributed by atoms with Crippen molar-refractivity contribution in [3.63, 3.8) is 0 Å². The van der Waals surface area contributed by atoms with Gasteiger partial charge in [-0.15, -0.1) is 0 Å². The summed E-state index contributed by atoms with van der Waals surface area (Å²) in [6.45, 7) is 4.26. The van der Waals surface area contributed by atoms with Gasteiger partial charge in [0.15, 0.2) is 0 Å². The minimum Gasteiger partial charge on any atom is -0.444 e. The van der Waals surface area contributed by atoms with E-state index in [4.69, 9.17) is 4.74 Å². The van der Waals surface area contributed by atoms with Gasteiger partial charge in [0.1, 0.15) is 12.3 Å². The van der Waals surface area contributed by atoms with E-state index in [-0.39, 0.29) is 30.5 Å². The molecule has 3 amide bonds. The summed E-state index contributed by atoms with van der Waals surface area (Å²) in [7, 11) is 0. The normalized spacial score (nSPS) is 11.5. The molecule has 0 saturated carbocycles. The van der Waals surface area contributed by atoms with E-state index in [1.54, 1.807) is 24.4 Å². The Balaban J connectivity index is 1.74. The molecular formula is C29H33N3O4. The minimum absolute atomic E-state index is 0.0510. The molecule has 2 aromatic carbocycles. The molecule has 0 fully saturated rings. The van der Waals surface area contributed by atoms with Crippen LogP contribution in [0.5, 0.6) is 0 Å². The van der Waals surface area contributed by atoms with E-state index < -0.39 is 18.2 Å². The van der Waals surface area contributed by atoms with E-state index in [1.165, 1.54) is 0 Å². The number of amides is 3. The molecule has 0 saturated heterocycles. The quantitative estimate of drug-likeness (QED) is 0.353. The van der Waals surface area contributed by atoms with Crippen LogP contribution in [-0.2, 0) is 17.8 Å². The number of carbonyl (C=O) groups excluding carboxylic acids is 3. The maximum Gasteiger partial charge on any atom is 0.418 e. The predicted octanol–water partition coefficient (Wildman–Crippen LogP) is 5.66. The van der Waals surface area contributed by atoms with Crippen molar-refractivity contribution in [2.24, 2.45) is 5.92 Å². The molecule has 1 atom stereocenters. The lowest BCUT2D eigenvalue weighted by Crippen LogP contribution is -2.50. The third-order valence-electron chi connectivity index (χ3n) is 5.70. The van der Waals surface area contributed by atoms with E-state index in [0.717, 1.165) is 16.0 Å². The first-order chi connectivity index (χ1) is 17.4.